The van der Waals surface area contributed by atoms with Gasteiger partial charge in [-0.3, -0.25) is 14.2 Å². The number of halogens is 4. The van der Waals surface area contributed by atoms with E-state index in [2.05, 4.69) is 34.3 Å². The van der Waals surface area contributed by atoms with E-state index in [9.17, 15) is 22.8 Å². The van der Waals surface area contributed by atoms with Crippen molar-refractivity contribution in [2.45, 2.75) is 70.2 Å². The number of aromatic nitrogens is 3. The topological polar surface area (TPSA) is 92.1 Å². The van der Waals surface area contributed by atoms with Crippen LogP contribution in [0.25, 0.3) is 22.2 Å². The van der Waals surface area contributed by atoms with Crippen molar-refractivity contribution >= 4 is 28.6 Å². The lowest BCUT2D eigenvalue weighted by molar-refractivity contribution is -0.117. The van der Waals surface area contributed by atoms with E-state index in [-0.39, 0.29) is 18.0 Å². The van der Waals surface area contributed by atoms with Gasteiger partial charge in [-0.2, -0.15) is 4.98 Å². The molecule has 0 unspecified atom stereocenters. The van der Waals surface area contributed by atoms with Gasteiger partial charge in [-0.05, 0) is 72.2 Å². The third-order valence-corrected chi connectivity index (χ3v) is 7.80. The summed E-state index contributed by atoms with van der Waals surface area (Å²) in [4.78, 5) is 36.7. The monoisotopic (exact) mass is 560 g/mol. The van der Waals surface area contributed by atoms with E-state index in [4.69, 9.17) is 0 Å². The number of nitrogens with zero attached hydrogens (tertiary/aromatic N) is 4. The molecule has 2 N–H and O–H groups in total. The molecule has 0 aliphatic heterocycles. The van der Waals surface area contributed by atoms with Crippen LogP contribution in [0.15, 0.2) is 23.1 Å². The number of carbonyl (C=O) groups excluding carboxylic acids is 1. The molecule has 0 saturated heterocycles. The molecule has 2 heterocycles. The van der Waals surface area contributed by atoms with Crippen molar-refractivity contribution < 1.29 is 22.4 Å². The predicted octanol–water partition coefficient (Wildman–Crippen LogP) is 5.04. The molecule has 1 aromatic carbocycles. The highest BCUT2D eigenvalue weighted by Crippen LogP contribution is 2.37. The van der Waals surface area contributed by atoms with Crippen LogP contribution in [-0.4, -0.2) is 57.7 Å². The number of fused-ring (bicyclic) bond motifs is 1. The SMILES string of the molecule is CC(C)n1c(=O)c(-c2cc(F)c(NC(=O)[C@@H]3C[C@@H]3F)c(F)c2F)cc2cnc(N[C@H]3CC[C@H](N(C)C)CC3)nc21. The highest BCUT2D eigenvalue weighted by molar-refractivity contribution is 5.95. The molecule has 2 saturated carbocycles. The average Bonchev–Trinajstić information content (AvgIpc) is 3.65. The molecule has 2 aromatic heterocycles. The molecule has 3 aromatic rings. The van der Waals surface area contributed by atoms with Crippen LogP contribution in [0.3, 0.4) is 0 Å². The zero-order valence-electron chi connectivity index (χ0n) is 22.8. The third-order valence-electron chi connectivity index (χ3n) is 7.80. The summed E-state index contributed by atoms with van der Waals surface area (Å²) in [7, 11) is 4.14. The molecule has 2 aliphatic rings. The van der Waals surface area contributed by atoms with Gasteiger partial charge < -0.3 is 15.5 Å². The molecule has 1 amide bonds. The number of amides is 1. The molecular formula is C28H32F4N6O2. The van der Waals surface area contributed by atoms with Crippen LogP contribution in [0.5, 0.6) is 0 Å². The number of alkyl halides is 1. The third kappa shape index (κ3) is 5.28. The number of hydrogen-bond acceptors (Lipinski definition) is 6. The van der Waals surface area contributed by atoms with Crippen LogP contribution in [0, 0.1) is 23.4 Å². The van der Waals surface area contributed by atoms with Crippen molar-refractivity contribution in [2.75, 3.05) is 24.7 Å². The maximum absolute atomic E-state index is 15.2. The Balaban J connectivity index is 1.49. The lowest BCUT2D eigenvalue weighted by atomic mass is 9.91. The van der Waals surface area contributed by atoms with E-state index in [0.717, 1.165) is 25.7 Å². The van der Waals surface area contributed by atoms with E-state index < -0.39 is 58.3 Å². The molecule has 2 aliphatic carbocycles. The van der Waals surface area contributed by atoms with E-state index in [0.29, 0.717) is 29.1 Å². The van der Waals surface area contributed by atoms with Gasteiger partial charge in [0.15, 0.2) is 17.5 Å². The highest BCUT2D eigenvalue weighted by atomic mass is 19.2. The molecule has 0 radical (unpaired) electrons. The summed E-state index contributed by atoms with van der Waals surface area (Å²) in [5, 5.41) is 5.66. The average molecular weight is 561 g/mol. The molecule has 8 nitrogen and oxygen atoms in total. The first kappa shape index (κ1) is 28.0. The Kier molecular flexibility index (Phi) is 7.56. The number of hydrogen-bond donors (Lipinski definition) is 2. The number of rotatable bonds is 7. The van der Waals surface area contributed by atoms with E-state index in [1.165, 1.54) is 16.8 Å². The molecule has 2 atom stereocenters. The lowest BCUT2D eigenvalue weighted by Crippen LogP contribution is -2.36. The van der Waals surface area contributed by atoms with Gasteiger partial charge in [0.25, 0.3) is 5.56 Å². The van der Waals surface area contributed by atoms with Crippen LogP contribution in [0.1, 0.15) is 52.0 Å². The Bertz CT molecular complexity index is 1520. The summed E-state index contributed by atoms with van der Waals surface area (Å²) in [6.45, 7) is 3.49. The fourth-order valence-corrected chi connectivity index (χ4v) is 5.34. The van der Waals surface area contributed by atoms with Gasteiger partial charge in [-0.1, -0.05) is 0 Å². The number of anilines is 2. The normalized spacial score (nSPS) is 22.6. The Hall–Kier alpha value is -3.54. The number of benzene rings is 1. The maximum atomic E-state index is 15.2. The molecule has 214 valence electrons. The van der Waals surface area contributed by atoms with Crippen molar-refractivity contribution in [1.29, 1.82) is 0 Å². The fourth-order valence-electron chi connectivity index (χ4n) is 5.34. The minimum absolute atomic E-state index is 0.0572. The van der Waals surface area contributed by atoms with Gasteiger partial charge >= 0.3 is 0 Å². The van der Waals surface area contributed by atoms with Gasteiger partial charge in [-0.15, -0.1) is 0 Å². The van der Waals surface area contributed by atoms with Gasteiger partial charge in [0.1, 0.15) is 17.5 Å². The van der Waals surface area contributed by atoms with Crippen LogP contribution < -0.4 is 16.2 Å². The molecular weight excluding hydrogens is 528 g/mol. The second kappa shape index (κ2) is 10.8. The van der Waals surface area contributed by atoms with Crippen molar-refractivity contribution in [2.24, 2.45) is 5.92 Å². The zero-order chi connectivity index (χ0) is 28.9. The maximum Gasteiger partial charge on any atom is 0.260 e. The zero-order valence-corrected chi connectivity index (χ0v) is 22.8. The van der Waals surface area contributed by atoms with Gasteiger partial charge in [0, 0.05) is 35.3 Å². The van der Waals surface area contributed by atoms with Crippen molar-refractivity contribution in [1.82, 2.24) is 19.4 Å². The van der Waals surface area contributed by atoms with E-state index >= 15 is 4.39 Å². The van der Waals surface area contributed by atoms with E-state index in [1.54, 1.807) is 13.8 Å². The Morgan fingerprint density at radius 3 is 2.35 bits per heavy atom. The van der Waals surface area contributed by atoms with Gasteiger partial charge in [0.2, 0.25) is 11.9 Å². The fraction of sp³-hybridized carbons (Fsp3) is 0.500. The predicted molar refractivity (Wildman–Crippen MR) is 144 cm³/mol. The van der Waals surface area contributed by atoms with Crippen LogP contribution in [0.2, 0.25) is 0 Å². The second-order valence-electron chi connectivity index (χ2n) is 11.2. The molecule has 0 bridgehead atoms. The quantitative estimate of drug-likeness (QED) is 0.311. The smallest absolute Gasteiger partial charge is 0.260 e. The van der Waals surface area contributed by atoms with Gasteiger partial charge in [-0.25, -0.2) is 22.5 Å². The van der Waals surface area contributed by atoms with E-state index in [1.807, 2.05) is 5.32 Å². The van der Waals surface area contributed by atoms with Crippen molar-refractivity contribution in [3.63, 3.8) is 0 Å². The van der Waals surface area contributed by atoms with Crippen LogP contribution >= 0.6 is 0 Å². The molecule has 2 fully saturated rings. The first-order valence-electron chi connectivity index (χ1n) is 13.4. The van der Waals surface area contributed by atoms with Gasteiger partial charge in [0.05, 0.1) is 11.5 Å². The number of nitrogens with one attached hydrogen (secondary N) is 2. The summed E-state index contributed by atoms with van der Waals surface area (Å²) >= 11 is 0. The lowest BCUT2D eigenvalue weighted by Gasteiger charge is -2.33. The first-order chi connectivity index (χ1) is 19.0. The minimum Gasteiger partial charge on any atom is -0.351 e. The van der Waals surface area contributed by atoms with Crippen LogP contribution in [-0.2, 0) is 4.79 Å². The van der Waals surface area contributed by atoms with Crippen molar-refractivity contribution in [3.8, 4) is 11.1 Å². The molecule has 5 rings (SSSR count). The largest absolute Gasteiger partial charge is 0.351 e. The Morgan fingerprint density at radius 2 is 1.75 bits per heavy atom. The molecule has 0 spiro atoms. The highest BCUT2D eigenvalue weighted by Gasteiger charge is 2.44. The Morgan fingerprint density at radius 1 is 1.07 bits per heavy atom. The molecule has 12 heteroatoms. The standard InChI is InChI=1S/C28H32F4N6O2/c1-13(2)38-25-14(12-33-28(36-25)34-15-5-7-16(8-6-15)37(3)4)9-18(27(38)40)17-10-21(30)24(23(32)22(17)31)35-26(39)19-11-20(19)29/h9-10,12-13,15-16,19-20H,5-8,11H2,1-4H3,(H,35,39)(H,33,34,36)/t15-,16-,19-,20+/m1/s1. The summed E-state index contributed by atoms with van der Waals surface area (Å²) < 4.78 is 59.6. The minimum atomic E-state index is -1.67. The Labute approximate surface area is 228 Å². The first-order valence-corrected chi connectivity index (χ1v) is 13.4. The summed E-state index contributed by atoms with van der Waals surface area (Å²) in [5.74, 6) is -6.06. The van der Waals surface area contributed by atoms with Crippen LogP contribution in [0.4, 0.5) is 29.2 Å². The number of pyridine rings is 1. The van der Waals surface area contributed by atoms with Crippen molar-refractivity contribution in [3.05, 3.63) is 46.1 Å². The summed E-state index contributed by atoms with van der Waals surface area (Å²) in [6, 6.07) is 2.25. The number of carbonyl (C=O) groups is 1. The second-order valence-corrected chi connectivity index (χ2v) is 11.2. The summed E-state index contributed by atoms with van der Waals surface area (Å²) in [5.41, 5.74) is -2.30. The molecule has 40 heavy (non-hydrogen) atoms. The summed E-state index contributed by atoms with van der Waals surface area (Å²) in [6.07, 6.45) is 4.01.